The van der Waals surface area contributed by atoms with Gasteiger partial charge in [0.1, 0.15) is 0 Å². The molecule has 0 bridgehead atoms. The second-order valence-corrected chi connectivity index (χ2v) is 5.64. The largest absolute Gasteiger partial charge is 0.310 e. The summed E-state index contributed by atoms with van der Waals surface area (Å²) >= 11 is 0. The van der Waals surface area contributed by atoms with Gasteiger partial charge in [0.05, 0.1) is 0 Å². The van der Waals surface area contributed by atoms with Gasteiger partial charge in [0.25, 0.3) is 0 Å². The van der Waals surface area contributed by atoms with Crippen LogP contribution in [0.1, 0.15) is 41.1 Å². The Balaban J connectivity index is 1.59. The van der Waals surface area contributed by atoms with E-state index in [0.29, 0.717) is 12.0 Å². The lowest BCUT2D eigenvalue weighted by molar-refractivity contribution is 0.489. The van der Waals surface area contributed by atoms with Crippen LogP contribution in [-0.2, 0) is 6.42 Å². The minimum atomic E-state index is 0.424. The molecule has 1 N–H and O–H groups in total. The second-order valence-electron chi connectivity index (χ2n) is 5.64. The standard InChI is InChI=1S/C18H21N/c1-13-6-5-8-15(10-13)14(2)19-12-17-11-16-7-3-4-9-18(16)17/h3-10,14,17,19H,11-12H2,1-2H3/t14-,17?/m0/s1. The van der Waals surface area contributed by atoms with Crippen molar-refractivity contribution in [3.63, 3.8) is 0 Å². The minimum Gasteiger partial charge on any atom is -0.310 e. The lowest BCUT2D eigenvalue weighted by Gasteiger charge is -2.31. The SMILES string of the molecule is Cc1cccc([C@H](C)NCC2Cc3ccccc32)c1. The van der Waals surface area contributed by atoms with Crippen molar-refractivity contribution >= 4 is 0 Å². The van der Waals surface area contributed by atoms with Gasteiger partial charge in [0.2, 0.25) is 0 Å². The van der Waals surface area contributed by atoms with E-state index in [-0.39, 0.29) is 0 Å². The summed E-state index contributed by atoms with van der Waals surface area (Å²) < 4.78 is 0. The summed E-state index contributed by atoms with van der Waals surface area (Å²) in [7, 11) is 0. The molecule has 1 heteroatoms. The number of aryl methyl sites for hydroxylation is 1. The van der Waals surface area contributed by atoms with Crippen LogP contribution >= 0.6 is 0 Å². The van der Waals surface area contributed by atoms with Gasteiger partial charge in [-0.25, -0.2) is 0 Å². The Hall–Kier alpha value is -1.60. The molecule has 2 atom stereocenters. The topological polar surface area (TPSA) is 12.0 Å². The average Bonchev–Trinajstić information content (AvgIpc) is 2.39. The van der Waals surface area contributed by atoms with Gasteiger partial charge < -0.3 is 5.32 Å². The van der Waals surface area contributed by atoms with Gasteiger partial charge >= 0.3 is 0 Å². The lowest BCUT2D eigenvalue weighted by Crippen LogP contribution is -2.30. The zero-order valence-electron chi connectivity index (χ0n) is 11.7. The van der Waals surface area contributed by atoms with Gasteiger partial charge in [-0.05, 0) is 37.0 Å². The Morgan fingerprint density at radius 3 is 2.79 bits per heavy atom. The molecule has 2 aromatic carbocycles. The van der Waals surface area contributed by atoms with Gasteiger partial charge in [0.15, 0.2) is 0 Å². The number of nitrogens with one attached hydrogen (secondary N) is 1. The smallest absolute Gasteiger partial charge is 0.0292 e. The summed E-state index contributed by atoms with van der Waals surface area (Å²) in [6, 6.07) is 18.0. The van der Waals surface area contributed by atoms with Crippen molar-refractivity contribution in [2.45, 2.75) is 32.2 Å². The van der Waals surface area contributed by atoms with E-state index in [1.165, 1.54) is 28.7 Å². The number of hydrogen-bond acceptors (Lipinski definition) is 1. The number of fused-ring (bicyclic) bond motifs is 1. The van der Waals surface area contributed by atoms with Crippen molar-refractivity contribution in [1.82, 2.24) is 5.32 Å². The van der Waals surface area contributed by atoms with Crippen molar-refractivity contribution in [1.29, 1.82) is 0 Å². The predicted octanol–water partition coefficient (Wildman–Crippen LogP) is 3.99. The zero-order chi connectivity index (χ0) is 13.2. The Bertz CT molecular complexity index is 573. The molecular weight excluding hydrogens is 230 g/mol. The van der Waals surface area contributed by atoms with Crippen molar-refractivity contribution in [3.8, 4) is 0 Å². The van der Waals surface area contributed by atoms with Crippen LogP contribution < -0.4 is 5.32 Å². The highest BCUT2D eigenvalue weighted by molar-refractivity contribution is 5.40. The maximum absolute atomic E-state index is 3.67. The predicted molar refractivity (Wildman–Crippen MR) is 80.5 cm³/mol. The Morgan fingerprint density at radius 1 is 1.16 bits per heavy atom. The molecule has 1 unspecified atom stereocenters. The maximum Gasteiger partial charge on any atom is 0.0292 e. The monoisotopic (exact) mass is 251 g/mol. The van der Waals surface area contributed by atoms with Crippen molar-refractivity contribution in [3.05, 3.63) is 70.8 Å². The fourth-order valence-corrected chi connectivity index (χ4v) is 2.92. The molecule has 0 aliphatic heterocycles. The van der Waals surface area contributed by atoms with Crippen LogP contribution in [0.3, 0.4) is 0 Å². The highest BCUT2D eigenvalue weighted by Gasteiger charge is 2.25. The van der Waals surface area contributed by atoms with Crippen LogP contribution in [-0.4, -0.2) is 6.54 Å². The average molecular weight is 251 g/mol. The molecule has 0 heterocycles. The van der Waals surface area contributed by atoms with E-state index >= 15 is 0 Å². The molecule has 0 saturated carbocycles. The molecule has 1 aliphatic rings. The Labute approximate surface area is 115 Å². The number of rotatable bonds is 4. The van der Waals surface area contributed by atoms with Gasteiger partial charge in [-0.3, -0.25) is 0 Å². The summed E-state index contributed by atoms with van der Waals surface area (Å²) in [6.45, 7) is 5.48. The fourth-order valence-electron chi connectivity index (χ4n) is 2.92. The molecule has 0 saturated heterocycles. The summed E-state index contributed by atoms with van der Waals surface area (Å²) in [6.07, 6.45) is 1.23. The molecule has 2 aromatic rings. The number of benzene rings is 2. The molecule has 1 aliphatic carbocycles. The van der Waals surface area contributed by atoms with E-state index in [0.717, 1.165) is 6.54 Å². The van der Waals surface area contributed by atoms with Crippen molar-refractivity contribution < 1.29 is 0 Å². The first-order valence-electron chi connectivity index (χ1n) is 7.12. The van der Waals surface area contributed by atoms with Crippen LogP contribution in [0.2, 0.25) is 0 Å². The molecule has 0 radical (unpaired) electrons. The van der Waals surface area contributed by atoms with E-state index in [1.807, 2.05) is 0 Å². The first-order chi connectivity index (χ1) is 9.24. The third kappa shape index (κ3) is 2.57. The molecular formula is C18H21N. The van der Waals surface area contributed by atoms with Gasteiger partial charge in [-0.1, -0.05) is 54.1 Å². The first-order valence-corrected chi connectivity index (χ1v) is 7.12. The lowest BCUT2D eigenvalue weighted by atomic mass is 9.77. The summed E-state index contributed by atoms with van der Waals surface area (Å²) in [4.78, 5) is 0. The van der Waals surface area contributed by atoms with E-state index < -0.39 is 0 Å². The highest BCUT2D eigenvalue weighted by Crippen LogP contribution is 2.34. The third-order valence-corrected chi connectivity index (χ3v) is 4.17. The summed E-state index contributed by atoms with van der Waals surface area (Å²) in [5.41, 5.74) is 5.77. The normalized spacial score (nSPS) is 18.5. The molecule has 98 valence electrons. The third-order valence-electron chi connectivity index (χ3n) is 4.17. The Morgan fingerprint density at radius 2 is 2.00 bits per heavy atom. The Kier molecular flexibility index (Phi) is 3.39. The molecule has 3 rings (SSSR count). The quantitative estimate of drug-likeness (QED) is 0.866. The minimum absolute atomic E-state index is 0.424. The maximum atomic E-state index is 3.67. The molecule has 0 spiro atoms. The van der Waals surface area contributed by atoms with E-state index in [2.05, 4.69) is 67.7 Å². The van der Waals surface area contributed by atoms with Gasteiger partial charge in [0, 0.05) is 18.5 Å². The summed E-state index contributed by atoms with van der Waals surface area (Å²) in [5.74, 6) is 0.698. The second kappa shape index (κ2) is 5.18. The first kappa shape index (κ1) is 12.4. The van der Waals surface area contributed by atoms with E-state index in [1.54, 1.807) is 0 Å². The summed E-state index contributed by atoms with van der Waals surface area (Å²) in [5, 5.41) is 3.67. The molecule has 0 fully saturated rings. The highest BCUT2D eigenvalue weighted by atomic mass is 14.9. The van der Waals surface area contributed by atoms with Crippen LogP contribution in [0.5, 0.6) is 0 Å². The molecule has 1 nitrogen and oxygen atoms in total. The van der Waals surface area contributed by atoms with Crippen molar-refractivity contribution in [2.75, 3.05) is 6.54 Å². The van der Waals surface area contributed by atoms with Crippen LogP contribution in [0.4, 0.5) is 0 Å². The van der Waals surface area contributed by atoms with Crippen LogP contribution in [0.25, 0.3) is 0 Å². The van der Waals surface area contributed by atoms with E-state index in [4.69, 9.17) is 0 Å². The van der Waals surface area contributed by atoms with Crippen molar-refractivity contribution in [2.24, 2.45) is 0 Å². The fraction of sp³-hybridized carbons (Fsp3) is 0.333. The van der Waals surface area contributed by atoms with Crippen LogP contribution in [0.15, 0.2) is 48.5 Å². The van der Waals surface area contributed by atoms with Gasteiger partial charge in [-0.15, -0.1) is 0 Å². The molecule has 0 amide bonds. The molecule has 19 heavy (non-hydrogen) atoms. The van der Waals surface area contributed by atoms with E-state index in [9.17, 15) is 0 Å². The number of hydrogen-bond donors (Lipinski definition) is 1. The zero-order valence-corrected chi connectivity index (χ0v) is 11.7. The van der Waals surface area contributed by atoms with Gasteiger partial charge in [-0.2, -0.15) is 0 Å². The van der Waals surface area contributed by atoms with Crippen LogP contribution in [0, 0.1) is 6.92 Å². The molecule has 0 aromatic heterocycles.